The van der Waals surface area contributed by atoms with Crippen LogP contribution in [-0.4, -0.2) is 70.6 Å². The van der Waals surface area contributed by atoms with Crippen LogP contribution >= 0.6 is 0 Å². The number of likely N-dealkylation sites (tertiary alicyclic amines) is 2. The summed E-state index contributed by atoms with van der Waals surface area (Å²) in [6.07, 6.45) is 5.82. The Balaban J connectivity index is 1.19. The first-order valence-corrected chi connectivity index (χ1v) is 11.4. The second-order valence-corrected chi connectivity index (χ2v) is 8.62. The standard InChI is InChI=1S/C23H33N5O2/c1-2-27-13-5-6-18(27)16-24-21(29)10-9-17-11-14-28(15-12-17)23(30)22-19-7-3-4-8-20(19)25-26-22/h3-4,7-8,17-18H,2,5-6,9-16H2,1H3,(H,24,29)(H,25,26)/t18-/m0/s1. The maximum absolute atomic E-state index is 12.9. The first-order valence-electron chi connectivity index (χ1n) is 11.4. The predicted molar refractivity (Wildman–Crippen MR) is 117 cm³/mol. The van der Waals surface area contributed by atoms with Crippen molar-refractivity contribution < 1.29 is 9.59 Å². The number of H-pyrrole nitrogens is 1. The number of piperidine rings is 1. The Morgan fingerprint density at radius 3 is 2.77 bits per heavy atom. The highest BCUT2D eigenvalue weighted by molar-refractivity contribution is 6.04. The highest BCUT2D eigenvalue weighted by Gasteiger charge is 2.27. The molecule has 0 bridgehead atoms. The van der Waals surface area contributed by atoms with Crippen LogP contribution in [-0.2, 0) is 4.79 Å². The molecule has 4 rings (SSSR count). The van der Waals surface area contributed by atoms with Crippen molar-refractivity contribution in [2.24, 2.45) is 5.92 Å². The summed E-state index contributed by atoms with van der Waals surface area (Å²) >= 11 is 0. The molecule has 0 spiro atoms. The number of carbonyl (C=O) groups excluding carboxylic acids is 2. The maximum Gasteiger partial charge on any atom is 0.274 e. The minimum Gasteiger partial charge on any atom is -0.355 e. The van der Waals surface area contributed by atoms with E-state index >= 15 is 0 Å². The maximum atomic E-state index is 12.9. The number of nitrogens with one attached hydrogen (secondary N) is 2. The predicted octanol–water partition coefficient (Wildman–Crippen LogP) is 2.80. The fourth-order valence-corrected chi connectivity index (χ4v) is 4.90. The number of amides is 2. The first-order chi connectivity index (χ1) is 14.7. The van der Waals surface area contributed by atoms with Crippen LogP contribution in [0.2, 0.25) is 0 Å². The van der Waals surface area contributed by atoms with Crippen LogP contribution in [0.25, 0.3) is 10.9 Å². The molecule has 0 unspecified atom stereocenters. The molecule has 30 heavy (non-hydrogen) atoms. The molecule has 2 aromatic rings. The molecule has 2 aliphatic heterocycles. The van der Waals surface area contributed by atoms with Crippen molar-refractivity contribution in [1.29, 1.82) is 0 Å². The smallest absolute Gasteiger partial charge is 0.274 e. The molecule has 7 heteroatoms. The molecule has 1 aromatic carbocycles. The molecule has 2 fully saturated rings. The Morgan fingerprint density at radius 2 is 1.97 bits per heavy atom. The molecule has 7 nitrogen and oxygen atoms in total. The van der Waals surface area contributed by atoms with Crippen LogP contribution in [0.1, 0.15) is 55.9 Å². The van der Waals surface area contributed by atoms with Crippen LogP contribution in [0.3, 0.4) is 0 Å². The lowest BCUT2D eigenvalue weighted by Crippen LogP contribution is -2.40. The third-order valence-corrected chi connectivity index (χ3v) is 6.79. The van der Waals surface area contributed by atoms with Crippen molar-refractivity contribution in [3.8, 4) is 0 Å². The number of fused-ring (bicyclic) bond motifs is 1. The van der Waals surface area contributed by atoms with Gasteiger partial charge < -0.3 is 10.2 Å². The first kappa shape index (κ1) is 20.8. The van der Waals surface area contributed by atoms with Gasteiger partial charge in [-0.2, -0.15) is 5.10 Å². The van der Waals surface area contributed by atoms with Crippen LogP contribution in [0.15, 0.2) is 24.3 Å². The molecule has 2 saturated heterocycles. The average Bonchev–Trinajstić information content (AvgIpc) is 3.42. The van der Waals surface area contributed by atoms with Gasteiger partial charge in [-0.3, -0.25) is 19.6 Å². The Hall–Kier alpha value is -2.41. The summed E-state index contributed by atoms with van der Waals surface area (Å²) in [5.41, 5.74) is 1.40. The molecule has 2 N–H and O–H groups in total. The summed E-state index contributed by atoms with van der Waals surface area (Å²) in [7, 11) is 0. The Kier molecular flexibility index (Phi) is 6.67. The second kappa shape index (κ2) is 9.60. The molecule has 0 aliphatic carbocycles. The lowest BCUT2D eigenvalue weighted by atomic mass is 9.92. The van der Waals surface area contributed by atoms with Crippen molar-refractivity contribution in [3.63, 3.8) is 0 Å². The largest absolute Gasteiger partial charge is 0.355 e. The van der Waals surface area contributed by atoms with E-state index in [0.29, 0.717) is 24.1 Å². The summed E-state index contributed by atoms with van der Waals surface area (Å²) in [6, 6.07) is 8.24. The SMILES string of the molecule is CCN1CCC[C@H]1CNC(=O)CCC1CCN(C(=O)c2n[nH]c3ccccc23)CC1. The molecule has 2 aliphatic rings. The van der Waals surface area contributed by atoms with Gasteiger partial charge in [-0.1, -0.05) is 25.1 Å². The molecular weight excluding hydrogens is 378 g/mol. The van der Waals surface area contributed by atoms with Gasteiger partial charge in [0.1, 0.15) is 0 Å². The number of aromatic nitrogens is 2. The second-order valence-electron chi connectivity index (χ2n) is 8.62. The summed E-state index contributed by atoms with van der Waals surface area (Å²) in [6.45, 7) is 6.65. The van der Waals surface area contributed by atoms with Gasteiger partial charge in [0.05, 0.1) is 5.52 Å². The Bertz CT molecular complexity index is 871. The Labute approximate surface area is 178 Å². The topological polar surface area (TPSA) is 81.3 Å². The van der Waals surface area contributed by atoms with E-state index in [0.717, 1.165) is 62.9 Å². The molecule has 1 aromatic heterocycles. The summed E-state index contributed by atoms with van der Waals surface area (Å²) < 4.78 is 0. The minimum absolute atomic E-state index is 0.000634. The zero-order valence-corrected chi connectivity index (χ0v) is 17.9. The van der Waals surface area contributed by atoms with E-state index in [9.17, 15) is 9.59 Å². The highest BCUT2D eigenvalue weighted by Crippen LogP contribution is 2.24. The fraction of sp³-hybridized carbons (Fsp3) is 0.609. The molecule has 2 amide bonds. The van der Waals surface area contributed by atoms with E-state index in [2.05, 4.69) is 27.3 Å². The van der Waals surface area contributed by atoms with E-state index in [1.165, 1.54) is 12.8 Å². The van der Waals surface area contributed by atoms with Crippen molar-refractivity contribution in [3.05, 3.63) is 30.0 Å². The lowest BCUT2D eigenvalue weighted by molar-refractivity contribution is -0.121. The number of hydrogen-bond acceptors (Lipinski definition) is 4. The average molecular weight is 412 g/mol. The van der Waals surface area contributed by atoms with Crippen molar-refractivity contribution in [1.82, 2.24) is 25.3 Å². The Morgan fingerprint density at radius 1 is 1.17 bits per heavy atom. The van der Waals surface area contributed by atoms with Crippen molar-refractivity contribution >= 4 is 22.7 Å². The fourth-order valence-electron chi connectivity index (χ4n) is 4.90. The quantitative estimate of drug-likeness (QED) is 0.734. The van der Waals surface area contributed by atoms with E-state index in [1.54, 1.807) is 0 Å². The summed E-state index contributed by atoms with van der Waals surface area (Å²) in [5, 5.41) is 11.2. The molecule has 0 radical (unpaired) electrons. The van der Waals surface area contributed by atoms with E-state index < -0.39 is 0 Å². The van der Waals surface area contributed by atoms with E-state index in [-0.39, 0.29) is 11.8 Å². The highest BCUT2D eigenvalue weighted by atomic mass is 16.2. The van der Waals surface area contributed by atoms with Crippen LogP contribution in [0, 0.1) is 5.92 Å². The van der Waals surface area contributed by atoms with Crippen LogP contribution in [0.4, 0.5) is 0 Å². The third-order valence-electron chi connectivity index (χ3n) is 6.79. The molecule has 0 saturated carbocycles. The van der Waals surface area contributed by atoms with Gasteiger partial charge in [0.25, 0.3) is 5.91 Å². The number of likely N-dealkylation sites (N-methyl/N-ethyl adjacent to an activating group) is 1. The number of carbonyl (C=O) groups is 2. The van der Waals surface area contributed by atoms with Gasteiger partial charge in [-0.15, -0.1) is 0 Å². The van der Waals surface area contributed by atoms with Crippen LogP contribution in [0.5, 0.6) is 0 Å². The number of benzene rings is 1. The van der Waals surface area contributed by atoms with Gasteiger partial charge in [-0.25, -0.2) is 0 Å². The molecular formula is C23H33N5O2. The number of aromatic amines is 1. The monoisotopic (exact) mass is 411 g/mol. The van der Waals surface area contributed by atoms with Crippen LogP contribution < -0.4 is 5.32 Å². The number of hydrogen-bond donors (Lipinski definition) is 2. The van der Waals surface area contributed by atoms with Crippen molar-refractivity contribution in [2.45, 2.75) is 51.5 Å². The summed E-state index contributed by atoms with van der Waals surface area (Å²) in [5.74, 6) is 0.675. The lowest BCUT2D eigenvalue weighted by Gasteiger charge is -2.31. The van der Waals surface area contributed by atoms with Gasteiger partial charge in [0.2, 0.25) is 5.91 Å². The van der Waals surface area contributed by atoms with Crippen molar-refractivity contribution in [2.75, 3.05) is 32.7 Å². The zero-order valence-electron chi connectivity index (χ0n) is 17.9. The van der Waals surface area contributed by atoms with Gasteiger partial charge in [0.15, 0.2) is 5.69 Å². The van der Waals surface area contributed by atoms with E-state index in [1.807, 2.05) is 29.2 Å². The number of rotatable bonds is 7. The summed E-state index contributed by atoms with van der Waals surface area (Å²) in [4.78, 5) is 29.5. The molecule has 1 atom stereocenters. The third kappa shape index (κ3) is 4.67. The zero-order chi connectivity index (χ0) is 20.9. The normalized spacial score (nSPS) is 20.7. The van der Waals surface area contributed by atoms with Gasteiger partial charge >= 0.3 is 0 Å². The molecule has 3 heterocycles. The minimum atomic E-state index is 0.000634. The van der Waals surface area contributed by atoms with Gasteiger partial charge in [0, 0.05) is 37.5 Å². The molecule has 162 valence electrons. The number of para-hydroxylation sites is 1. The number of nitrogens with zero attached hydrogens (tertiary/aromatic N) is 3. The van der Waals surface area contributed by atoms with Gasteiger partial charge in [-0.05, 0) is 57.2 Å². The van der Waals surface area contributed by atoms with E-state index in [4.69, 9.17) is 0 Å².